The topological polar surface area (TPSA) is 18.5 Å². The van der Waals surface area contributed by atoms with Gasteiger partial charge >= 0.3 is 6.54 Å². The van der Waals surface area contributed by atoms with E-state index in [1.807, 2.05) is 0 Å². The first-order valence-corrected chi connectivity index (χ1v) is 2.77. The first kappa shape index (κ1) is 5.98. The minimum atomic E-state index is -1.47. The summed E-state index contributed by atoms with van der Waals surface area (Å²) in [6.07, 6.45) is 1.81. The Bertz CT molecular complexity index is 59.4. The molecule has 8 heavy (non-hydrogen) atoms. The summed E-state index contributed by atoms with van der Waals surface area (Å²) in [5.74, 6) is 0. The van der Waals surface area contributed by atoms with Crippen molar-refractivity contribution in [1.29, 1.82) is 0 Å². The second-order valence-electron chi connectivity index (χ2n) is 1.72. The summed E-state index contributed by atoms with van der Waals surface area (Å²) < 4.78 is 21.0. The van der Waals surface area contributed by atoms with Gasteiger partial charge in [0.05, 0.1) is 13.2 Å². The second kappa shape index (κ2) is 2.99. The van der Waals surface area contributed by atoms with Crippen LogP contribution in [0, 0.1) is 0 Å². The maximum atomic E-state index is 12.0. The predicted molar refractivity (Wildman–Crippen MR) is 26.0 cm³/mol. The van der Waals surface area contributed by atoms with Gasteiger partial charge in [0.25, 0.3) is 0 Å². The average molecular weight is 120 g/mol. The third-order valence-electron chi connectivity index (χ3n) is 1.04. The van der Waals surface area contributed by atoms with E-state index in [0.29, 0.717) is 13.2 Å². The van der Waals surface area contributed by atoms with E-state index in [1.165, 1.54) is 0 Å². The van der Waals surface area contributed by atoms with Crippen LogP contribution in [0.4, 0.5) is 4.39 Å². The zero-order valence-electron chi connectivity index (χ0n) is 4.60. The van der Waals surface area contributed by atoms with Crippen molar-refractivity contribution in [1.82, 2.24) is 0 Å². The van der Waals surface area contributed by atoms with Crippen LogP contribution >= 0.6 is 0 Å². The lowest BCUT2D eigenvalue weighted by Crippen LogP contribution is -2.07. The molecule has 0 aromatic carbocycles. The van der Waals surface area contributed by atoms with Crippen LogP contribution in [0.15, 0.2) is 0 Å². The van der Waals surface area contributed by atoms with Gasteiger partial charge in [0, 0.05) is 0 Å². The summed E-state index contributed by atoms with van der Waals surface area (Å²) in [5.41, 5.74) is 0. The van der Waals surface area contributed by atoms with Crippen LogP contribution < -0.4 is 0 Å². The molecule has 1 aliphatic heterocycles. The van der Waals surface area contributed by atoms with Crippen molar-refractivity contribution in [3.05, 3.63) is 0 Å². The van der Waals surface area contributed by atoms with Crippen molar-refractivity contribution in [2.45, 2.75) is 19.4 Å². The van der Waals surface area contributed by atoms with Gasteiger partial charge in [-0.3, -0.25) is 0 Å². The van der Waals surface area contributed by atoms with Crippen LogP contribution in [-0.2, 0) is 9.47 Å². The van der Waals surface area contributed by atoms with E-state index >= 15 is 0 Å². The molecule has 0 spiro atoms. The maximum absolute atomic E-state index is 12.0. The quantitative estimate of drug-likeness (QED) is 0.476. The molecule has 0 saturated carbocycles. The van der Waals surface area contributed by atoms with Crippen LogP contribution in [-0.4, -0.2) is 19.8 Å². The Hall–Kier alpha value is -0.150. The molecule has 1 rings (SSSR count). The van der Waals surface area contributed by atoms with E-state index in [9.17, 15) is 4.39 Å². The Kier molecular flexibility index (Phi) is 2.24. The van der Waals surface area contributed by atoms with Crippen molar-refractivity contribution in [3.8, 4) is 0 Å². The zero-order chi connectivity index (χ0) is 5.82. The fourth-order valence-corrected chi connectivity index (χ4v) is 0.604. The van der Waals surface area contributed by atoms with Gasteiger partial charge in [-0.25, -0.2) is 0 Å². The summed E-state index contributed by atoms with van der Waals surface area (Å²) in [6, 6.07) is 0. The third-order valence-corrected chi connectivity index (χ3v) is 1.04. The third kappa shape index (κ3) is 1.76. The largest absolute Gasteiger partial charge is 0.326 e. The van der Waals surface area contributed by atoms with E-state index < -0.39 is 6.54 Å². The van der Waals surface area contributed by atoms with Gasteiger partial charge in [0.15, 0.2) is 0 Å². The molecule has 0 N–H and O–H groups in total. The molecule has 0 bridgehead atoms. The van der Waals surface area contributed by atoms with E-state index in [2.05, 4.69) is 9.47 Å². The Balaban J connectivity index is 2.17. The van der Waals surface area contributed by atoms with Gasteiger partial charge in [0.2, 0.25) is 0 Å². The highest BCUT2D eigenvalue weighted by atomic mass is 19.2. The number of rotatable bonds is 0. The minimum absolute atomic E-state index is 0.487. The van der Waals surface area contributed by atoms with Crippen molar-refractivity contribution >= 4 is 0 Å². The van der Waals surface area contributed by atoms with Crippen molar-refractivity contribution in [2.75, 3.05) is 13.2 Å². The summed E-state index contributed by atoms with van der Waals surface area (Å²) >= 11 is 0. The lowest BCUT2D eigenvalue weighted by molar-refractivity contribution is -0.205. The number of halogens is 1. The molecular weight excluding hydrogens is 111 g/mol. The van der Waals surface area contributed by atoms with Crippen LogP contribution in [0.3, 0.4) is 0 Å². The van der Waals surface area contributed by atoms with E-state index in [1.54, 1.807) is 0 Å². The van der Waals surface area contributed by atoms with Gasteiger partial charge in [-0.05, 0) is 12.8 Å². The number of hydrogen-bond acceptors (Lipinski definition) is 2. The summed E-state index contributed by atoms with van der Waals surface area (Å²) in [4.78, 5) is 0. The first-order chi connectivity index (χ1) is 3.89. The summed E-state index contributed by atoms with van der Waals surface area (Å²) in [7, 11) is 0. The molecule has 0 aliphatic carbocycles. The Morgan fingerprint density at radius 1 is 1.12 bits per heavy atom. The summed E-state index contributed by atoms with van der Waals surface area (Å²) in [5, 5.41) is 0. The highest BCUT2D eigenvalue weighted by Crippen LogP contribution is 2.05. The standard InChI is InChI=1S/C5H9FO2/c6-5-7-3-1-2-4-8-5/h5H,1-4H2. The van der Waals surface area contributed by atoms with Gasteiger partial charge in [-0.2, -0.15) is 4.39 Å². The molecule has 0 unspecified atom stereocenters. The molecule has 1 fully saturated rings. The molecule has 1 aliphatic rings. The molecule has 0 atom stereocenters. The fraction of sp³-hybridized carbons (Fsp3) is 1.00. The molecule has 48 valence electrons. The Morgan fingerprint density at radius 2 is 1.62 bits per heavy atom. The lowest BCUT2D eigenvalue weighted by atomic mass is 10.3. The van der Waals surface area contributed by atoms with Crippen molar-refractivity contribution in [2.24, 2.45) is 0 Å². The maximum Gasteiger partial charge on any atom is 0.309 e. The highest BCUT2D eigenvalue weighted by molar-refractivity contribution is 4.41. The SMILES string of the molecule is FC1OCCCCO1. The predicted octanol–water partition coefficient (Wildman–Crippen LogP) is 1.07. The minimum Gasteiger partial charge on any atom is -0.326 e. The first-order valence-electron chi connectivity index (χ1n) is 2.77. The molecule has 1 saturated heterocycles. The molecule has 2 nitrogen and oxygen atoms in total. The van der Waals surface area contributed by atoms with E-state index in [0.717, 1.165) is 12.8 Å². The monoisotopic (exact) mass is 120 g/mol. The van der Waals surface area contributed by atoms with Gasteiger partial charge in [-0.15, -0.1) is 0 Å². The highest BCUT2D eigenvalue weighted by Gasteiger charge is 2.08. The van der Waals surface area contributed by atoms with E-state index in [-0.39, 0.29) is 0 Å². The van der Waals surface area contributed by atoms with Gasteiger partial charge in [-0.1, -0.05) is 0 Å². The molecule has 1 heterocycles. The molecular formula is C5H9FO2. The normalized spacial score (nSPS) is 25.1. The zero-order valence-corrected chi connectivity index (χ0v) is 4.60. The van der Waals surface area contributed by atoms with Gasteiger partial charge < -0.3 is 9.47 Å². The van der Waals surface area contributed by atoms with Crippen LogP contribution in [0.2, 0.25) is 0 Å². The van der Waals surface area contributed by atoms with Crippen molar-refractivity contribution < 1.29 is 13.9 Å². The van der Waals surface area contributed by atoms with Gasteiger partial charge in [0.1, 0.15) is 0 Å². The Morgan fingerprint density at radius 3 is 2.12 bits per heavy atom. The van der Waals surface area contributed by atoms with Crippen LogP contribution in [0.5, 0.6) is 0 Å². The summed E-state index contributed by atoms with van der Waals surface area (Å²) in [6.45, 7) is -0.500. The average Bonchev–Trinajstić information content (AvgIpc) is 1.94. The smallest absolute Gasteiger partial charge is 0.309 e. The van der Waals surface area contributed by atoms with E-state index in [4.69, 9.17) is 0 Å². The fourth-order valence-electron chi connectivity index (χ4n) is 0.604. The second-order valence-corrected chi connectivity index (χ2v) is 1.72. The molecule has 3 heteroatoms. The van der Waals surface area contributed by atoms with Crippen LogP contribution in [0.25, 0.3) is 0 Å². The number of alkyl halides is 1. The molecule has 0 amide bonds. The molecule has 0 aromatic heterocycles. The number of hydrogen-bond donors (Lipinski definition) is 0. The van der Waals surface area contributed by atoms with Crippen LogP contribution in [0.1, 0.15) is 12.8 Å². The lowest BCUT2D eigenvalue weighted by Gasteiger charge is -2.02. The van der Waals surface area contributed by atoms with Crippen molar-refractivity contribution in [3.63, 3.8) is 0 Å². The Labute approximate surface area is 47.6 Å². The molecule has 0 aromatic rings. The molecule has 0 radical (unpaired) electrons. The number of ether oxygens (including phenoxy) is 2.